The highest BCUT2D eigenvalue weighted by Gasteiger charge is 2.15. The number of benzene rings is 1. The number of amides is 1. The van der Waals surface area contributed by atoms with Crippen molar-refractivity contribution in [1.29, 1.82) is 0 Å². The predicted molar refractivity (Wildman–Crippen MR) is 94.7 cm³/mol. The van der Waals surface area contributed by atoms with Crippen LogP contribution in [0.3, 0.4) is 0 Å². The van der Waals surface area contributed by atoms with Crippen molar-refractivity contribution in [1.82, 2.24) is 9.88 Å². The standard InChI is InChI=1S/C19H25N3O/c1-2-15-14-18(16-8-4-5-9-17(16)21-15)20-11-10-19(23)22-12-6-3-7-13-22/h4-5,8-9,14H,2-3,6-7,10-13H2,1H3,(H,20,21). The molecule has 0 aliphatic carbocycles. The Bertz CT molecular complexity index is 677. The van der Waals surface area contributed by atoms with Crippen LogP contribution in [0.25, 0.3) is 10.9 Å². The Labute approximate surface area is 137 Å². The highest BCUT2D eigenvalue weighted by atomic mass is 16.2. The van der Waals surface area contributed by atoms with Crippen molar-refractivity contribution in [3.63, 3.8) is 0 Å². The molecule has 23 heavy (non-hydrogen) atoms. The second kappa shape index (κ2) is 7.44. The Hall–Kier alpha value is -2.10. The average molecular weight is 311 g/mol. The summed E-state index contributed by atoms with van der Waals surface area (Å²) >= 11 is 0. The first-order chi connectivity index (χ1) is 11.3. The van der Waals surface area contributed by atoms with Crippen molar-refractivity contribution in [2.45, 2.75) is 39.0 Å². The molecule has 3 rings (SSSR count). The second-order valence-electron chi connectivity index (χ2n) is 6.15. The summed E-state index contributed by atoms with van der Waals surface area (Å²) in [7, 11) is 0. The van der Waals surface area contributed by atoms with E-state index in [1.807, 2.05) is 23.1 Å². The Morgan fingerprint density at radius 2 is 2.00 bits per heavy atom. The number of nitrogens with zero attached hydrogens (tertiary/aromatic N) is 2. The number of aryl methyl sites for hydroxylation is 1. The molecule has 1 saturated heterocycles. The fourth-order valence-electron chi connectivity index (χ4n) is 3.16. The van der Waals surface area contributed by atoms with E-state index in [0.29, 0.717) is 13.0 Å². The first-order valence-electron chi connectivity index (χ1n) is 8.68. The smallest absolute Gasteiger partial charge is 0.224 e. The van der Waals surface area contributed by atoms with Crippen molar-refractivity contribution in [3.05, 3.63) is 36.0 Å². The minimum absolute atomic E-state index is 0.270. The van der Waals surface area contributed by atoms with E-state index in [4.69, 9.17) is 0 Å². The molecule has 1 N–H and O–H groups in total. The zero-order valence-electron chi connectivity index (χ0n) is 13.8. The number of fused-ring (bicyclic) bond motifs is 1. The molecule has 0 radical (unpaired) electrons. The number of aromatic nitrogens is 1. The molecule has 1 aromatic heterocycles. The van der Waals surface area contributed by atoms with Crippen LogP contribution in [0, 0.1) is 0 Å². The van der Waals surface area contributed by atoms with Gasteiger partial charge in [-0.25, -0.2) is 0 Å². The summed E-state index contributed by atoms with van der Waals surface area (Å²) in [6, 6.07) is 10.3. The number of para-hydroxylation sites is 1. The summed E-state index contributed by atoms with van der Waals surface area (Å²) < 4.78 is 0. The molecule has 4 nitrogen and oxygen atoms in total. The first-order valence-corrected chi connectivity index (χ1v) is 8.68. The maximum Gasteiger partial charge on any atom is 0.224 e. The molecular weight excluding hydrogens is 286 g/mol. The van der Waals surface area contributed by atoms with Crippen molar-refractivity contribution >= 4 is 22.5 Å². The van der Waals surface area contributed by atoms with Crippen molar-refractivity contribution in [2.24, 2.45) is 0 Å². The van der Waals surface area contributed by atoms with Crippen LogP contribution < -0.4 is 5.32 Å². The molecule has 0 saturated carbocycles. The largest absolute Gasteiger partial charge is 0.384 e. The van der Waals surface area contributed by atoms with Crippen LogP contribution in [-0.4, -0.2) is 35.4 Å². The third-order valence-corrected chi connectivity index (χ3v) is 4.49. The van der Waals surface area contributed by atoms with Crippen molar-refractivity contribution in [3.8, 4) is 0 Å². The first kappa shape index (κ1) is 15.8. The summed E-state index contributed by atoms with van der Waals surface area (Å²) in [4.78, 5) is 18.9. The van der Waals surface area contributed by atoms with Gasteiger partial charge in [0.1, 0.15) is 0 Å². The fourth-order valence-corrected chi connectivity index (χ4v) is 3.16. The molecule has 0 atom stereocenters. The van der Waals surface area contributed by atoms with Gasteiger partial charge in [-0.05, 0) is 37.8 Å². The maximum absolute atomic E-state index is 12.2. The van der Waals surface area contributed by atoms with E-state index in [1.165, 1.54) is 6.42 Å². The molecule has 0 spiro atoms. The topological polar surface area (TPSA) is 45.2 Å². The predicted octanol–water partition coefficient (Wildman–Crippen LogP) is 3.61. The highest BCUT2D eigenvalue weighted by Crippen LogP contribution is 2.23. The van der Waals surface area contributed by atoms with Gasteiger partial charge >= 0.3 is 0 Å². The van der Waals surface area contributed by atoms with Gasteiger partial charge in [0.15, 0.2) is 0 Å². The number of rotatable bonds is 5. The third-order valence-electron chi connectivity index (χ3n) is 4.49. The molecule has 0 bridgehead atoms. The summed E-state index contributed by atoms with van der Waals surface area (Å²) in [6.07, 6.45) is 5.01. The molecule has 0 unspecified atom stereocenters. The number of likely N-dealkylation sites (tertiary alicyclic amines) is 1. The lowest BCUT2D eigenvalue weighted by atomic mass is 10.1. The van der Waals surface area contributed by atoms with Gasteiger partial charge in [-0.2, -0.15) is 0 Å². The van der Waals surface area contributed by atoms with Gasteiger partial charge in [0.2, 0.25) is 5.91 Å². The van der Waals surface area contributed by atoms with E-state index < -0.39 is 0 Å². The monoisotopic (exact) mass is 311 g/mol. The van der Waals surface area contributed by atoms with Gasteiger partial charge in [0, 0.05) is 42.8 Å². The number of anilines is 1. The number of carbonyl (C=O) groups is 1. The van der Waals surface area contributed by atoms with Gasteiger partial charge in [0.25, 0.3) is 0 Å². The molecule has 122 valence electrons. The third kappa shape index (κ3) is 3.81. The Balaban J connectivity index is 1.65. The zero-order chi connectivity index (χ0) is 16.1. The SMILES string of the molecule is CCc1cc(NCCC(=O)N2CCCCC2)c2ccccc2n1. The van der Waals surface area contributed by atoms with Crippen LogP contribution in [0.1, 0.15) is 38.3 Å². The minimum atomic E-state index is 0.270. The van der Waals surface area contributed by atoms with Crippen LogP contribution in [-0.2, 0) is 11.2 Å². The highest BCUT2D eigenvalue weighted by molar-refractivity contribution is 5.91. The molecule has 2 aromatic rings. The van der Waals surface area contributed by atoms with Gasteiger partial charge < -0.3 is 10.2 Å². The fraction of sp³-hybridized carbons (Fsp3) is 0.474. The maximum atomic E-state index is 12.2. The quantitative estimate of drug-likeness (QED) is 0.917. The summed E-state index contributed by atoms with van der Waals surface area (Å²) in [5, 5.41) is 4.57. The molecular formula is C19H25N3O. The molecule has 1 amide bonds. The van der Waals surface area contributed by atoms with Crippen LogP contribution in [0.5, 0.6) is 0 Å². The second-order valence-corrected chi connectivity index (χ2v) is 6.15. The van der Waals surface area contributed by atoms with E-state index in [9.17, 15) is 4.79 Å². The van der Waals surface area contributed by atoms with Gasteiger partial charge in [-0.1, -0.05) is 25.1 Å². The van der Waals surface area contributed by atoms with E-state index in [2.05, 4.69) is 29.4 Å². The average Bonchev–Trinajstić information content (AvgIpc) is 2.62. The number of pyridine rings is 1. The van der Waals surface area contributed by atoms with Crippen LogP contribution >= 0.6 is 0 Å². The van der Waals surface area contributed by atoms with Gasteiger partial charge in [0.05, 0.1) is 5.52 Å². The Morgan fingerprint density at radius 1 is 1.22 bits per heavy atom. The lowest BCUT2D eigenvalue weighted by Gasteiger charge is -2.26. The number of carbonyl (C=O) groups excluding carboxylic acids is 1. The molecule has 1 aliphatic rings. The van der Waals surface area contributed by atoms with Gasteiger partial charge in [-0.3, -0.25) is 9.78 Å². The van der Waals surface area contributed by atoms with Crippen LogP contribution in [0.4, 0.5) is 5.69 Å². The van der Waals surface area contributed by atoms with Gasteiger partial charge in [-0.15, -0.1) is 0 Å². The van der Waals surface area contributed by atoms with Crippen LogP contribution in [0.15, 0.2) is 30.3 Å². The summed E-state index contributed by atoms with van der Waals surface area (Å²) in [5.41, 5.74) is 3.17. The van der Waals surface area contributed by atoms with E-state index in [-0.39, 0.29) is 5.91 Å². The van der Waals surface area contributed by atoms with Crippen LogP contribution in [0.2, 0.25) is 0 Å². The Kier molecular flexibility index (Phi) is 5.11. The molecule has 1 fully saturated rings. The lowest BCUT2D eigenvalue weighted by Crippen LogP contribution is -2.36. The molecule has 1 aliphatic heterocycles. The summed E-state index contributed by atoms with van der Waals surface area (Å²) in [6.45, 7) is 4.64. The normalized spacial score (nSPS) is 14.9. The summed E-state index contributed by atoms with van der Waals surface area (Å²) in [5.74, 6) is 0.270. The number of hydrogen-bond donors (Lipinski definition) is 1. The van der Waals surface area contributed by atoms with E-state index in [0.717, 1.165) is 54.6 Å². The van der Waals surface area contributed by atoms with Crippen molar-refractivity contribution in [2.75, 3.05) is 25.0 Å². The molecule has 4 heteroatoms. The molecule has 2 heterocycles. The minimum Gasteiger partial charge on any atom is -0.384 e. The number of hydrogen-bond acceptors (Lipinski definition) is 3. The molecule has 1 aromatic carbocycles. The zero-order valence-corrected chi connectivity index (χ0v) is 13.8. The van der Waals surface area contributed by atoms with E-state index in [1.54, 1.807) is 0 Å². The van der Waals surface area contributed by atoms with Crippen molar-refractivity contribution < 1.29 is 4.79 Å². The van der Waals surface area contributed by atoms with E-state index >= 15 is 0 Å². The lowest BCUT2D eigenvalue weighted by molar-refractivity contribution is -0.131. The Morgan fingerprint density at radius 3 is 2.78 bits per heavy atom. The number of piperidine rings is 1. The number of nitrogens with one attached hydrogen (secondary N) is 1.